The smallest absolute Gasteiger partial charge is 0.410 e. The SMILES string of the molecule is Cc1ncc(C2(C)CCN(C(=O)OC(C)(C)C)CC2)o1. The largest absolute Gasteiger partial charge is 0.445 e. The van der Waals surface area contributed by atoms with E-state index in [1.807, 2.05) is 27.7 Å². The third kappa shape index (κ3) is 3.32. The fourth-order valence-electron chi connectivity index (χ4n) is 2.40. The Bertz CT molecular complexity index is 480. The standard InChI is InChI=1S/C15H24N2O3/c1-11-16-10-12(19-11)15(5)6-8-17(9-7-15)13(18)20-14(2,3)4/h10H,6-9H2,1-5H3. The summed E-state index contributed by atoms with van der Waals surface area (Å²) < 4.78 is 11.1. The second-order valence-corrected chi connectivity index (χ2v) is 6.77. The van der Waals surface area contributed by atoms with Gasteiger partial charge in [-0.2, -0.15) is 0 Å². The first-order valence-corrected chi connectivity index (χ1v) is 7.10. The van der Waals surface area contributed by atoms with Crippen molar-refractivity contribution in [3.63, 3.8) is 0 Å². The van der Waals surface area contributed by atoms with Gasteiger partial charge in [0.1, 0.15) is 11.4 Å². The summed E-state index contributed by atoms with van der Waals surface area (Å²) in [4.78, 5) is 18.0. The van der Waals surface area contributed by atoms with E-state index >= 15 is 0 Å². The molecular weight excluding hydrogens is 256 g/mol. The lowest BCUT2D eigenvalue weighted by Crippen LogP contribution is -2.45. The van der Waals surface area contributed by atoms with Gasteiger partial charge in [-0.15, -0.1) is 0 Å². The quantitative estimate of drug-likeness (QED) is 0.792. The fraction of sp³-hybridized carbons (Fsp3) is 0.733. The molecule has 0 N–H and O–H groups in total. The molecule has 5 heteroatoms. The molecule has 1 aromatic heterocycles. The number of hydrogen-bond donors (Lipinski definition) is 0. The monoisotopic (exact) mass is 280 g/mol. The van der Waals surface area contributed by atoms with Crippen LogP contribution in [0.5, 0.6) is 0 Å². The highest BCUT2D eigenvalue weighted by atomic mass is 16.6. The van der Waals surface area contributed by atoms with E-state index in [9.17, 15) is 4.79 Å². The fourth-order valence-corrected chi connectivity index (χ4v) is 2.40. The molecule has 0 aliphatic carbocycles. The lowest BCUT2D eigenvalue weighted by atomic mass is 9.78. The maximum Gasteiger partial charge on any atom is 0.410 e. The number of nitrogens with zero attached hydrogens (tertiary/aromatic N) is 2. The number of likely N-dealkylation sites (tertiary alicyclic amines) is 1. The predicted octanol–water partition coefficient (Wildman–Crippen LogP) is 3.27. The van der Waals surface area contributed by atoms with E-state index < -0.39 is 5.60 Å². The average molecular weight is 280 g/mol. The van der Waals surface area contributed by atoms with Gasteiger partial charge in [0.15, 0.2) is 5.89 Å². The lowest BCUT2D eigenvalue weighted by Gasteiger charge is -2.38. The van der Waals surface area contributed by atoms with Gasteiger partial charge in [0.25, 0.3) is 0 Å². The van der Waals surface area contributed by atoms with Crippen molar-refractivity contribution in [1.29, 1.82) is 0 Å². The van der Waals surface area contributed by atoms with Crippen LogP contribution in [-0.2, 0) is 10.2 Å². The number of amides is 1. The van der Waals surface area contributed by atoms with Gasteiger partial charge in [-0.25, -0.2) is 9.78 Å². The molecule has 0 spiro atoms. The Balaban J connectivity index is 1.97. The number of aryl methyl sites for hydroxylation is 1. The van der Waals surface area contributed by atoms with E-state index in [-0.39, 0.29) is 11.5 Å². The molecule has 0 unspecified atom stereocenters. The van der Waals surface area contributed by atoms with Crippen molar-refractivity contribution in [2.24, 2.45) is 0 Å². The van der Waals surface area contributed by atoms with Gasteiger partial charge in [0.05, 0.1) is 6.20 Å². The van der Waals surface area contributed by atoms with Crippen LogP contribution in [0.4, 0.5) is 4.79 Å². The zero-order valence-electron chi connectivity index (χ0n) is 13.0. The summed E-state index contributed by atoms with van der Waals surface area (Å²) in [5, 5.41) is 0. The van der Waals surface area contributed by atoms with Crippen LogP contribution >= 0.6 is 0 Å². The van der Waals surface area contributed by atoms with Crippen molar-refractivity contribution in [2.45, 2.75) is 58.5 Å². The summed E-state index contributed by atoms with van der Waals surface area (Å²) >= 11 is 0. The lowest BCUT2D eigenvalue weighted by molar-refractivity contribution is 0.0161. The molecule has 0 radical (unpaired) electrons. The number of carbonyl (C=O) groups excluding carboxylic acids is 1. The van der Waals surface area contributed by atoms with E-state index in [0.29, 0.717) is 19.0 Å². The Morgan fingerprint density at radius 1 is 1.40 bits per heavy atom. The molecule has 1 saturated heterocycles. The van der Waals surface area contributed by atoms with Crippen molar-refractivity contribution in [1.82, 2.24) is 9.88 Å². The molecule has 1 amide bonds. The Morgan fingerprint density at radius 3 is 2.45 bits per heavy atom. The van der Waals surface area contributed by atoms with Crippen LogP contribution in [0.3, 0.4) is 0 Å². The molecule has 1 aliphatic heterocycles. The van der Waals surface area contributed by atoms with Crippen LogP contribution in [0.2, 0.25) is 0 Å². The predicted molar refractivity (Wildman–Crippen MR) is 75.6 cm³/mol. The number of aromatic nitrogens is 1. The third-order valence-electron chi connectivity index (χ3n) is 3.73. The summed E-state index contributed by atoms with van der Waals surface area (Å²) in [5.74, 6) is 1.61. The van der Waals surface area contributed by atoms with E-state index in [1.54, 1.807) is 11.1 Å². The van der Waals surface area contributed by atoms with Crippen LogP contribution < -0.4 is 0 Å². The molecule has 1 fully saturated rings. The molecule has 0 aromatic carbocycles. The van der Waals surface area contributed by atoms with E-state index in [2.05, 4.69) is 11.9 Å². The molecule has 20 heavy (non-hydrogen) atoms. The van der Waals surface area contributed by atoms with Crippen LogP contribution in [0.25, 0.3) is 0 Å². The van der Waals surface area contributed by atoms with Crippen molar-refractivity contribution < 1.29 is 13.9 Å². The first-order chi connectivity index (χ1) is 9.20. The van der Waals surface area contributed by atoms with Gasteiger partial charge in [0.2, 0.25) is 0 Å². The van der Waals surface area contributed by atoms with Gasteiger partial charge in [-0.1, -0.05) is 6.92 Å². The van der Waals surface area contributed by atoms with Gasteiger partial charge in [0, 0.05) is 25.4 Å². The summed E-state index contributed by atoms with van der Waals surface area (Å²) in [7, 11) is 0. The number of rotatable bonds is 1. The summed E-state index contributed by atoms with van der Waals surface area (Å²) in [6.45, 7) is 11.0. The second-order valence-electron chi connectivity index (χ2n) is 6.77. The van der Waals surface area contributed by atoms with Gasteiger partial charge in [-0.05, 0) is 33.6 Å². The Labute approximate surface area is 120 Å². The number of carbonyl (C=O) groups is 1. The first-order valence-electron chi connectivity index (χ1n) is 7.10. The molecule has 1 aromatic rings. The Hall–Kier alpha value is -1.52. The van der Waals surface area contributed by atoms with Crippen molar-refractivity contribution >= 4 is 6.09 Å². The second kappa shape index (κ2) is 5.11. The highest BCUT2D eigenvalue weighted by Gasteiger charge is 2.37. The molecule has 1 aliphatic rings. The molecule has 0 saturated carbocycles. The summed E-state index contributed by atoms with van der Waals surface area (Å²) in [6.07, 6.45) is 3.30. The van der Waals surface area contributed by atoms with Crippen LogP contribution in [0, 0.1) is 6.92 Å². The van der Waals surface area contributed by atoms with E-state index in [0.717, 1.165) is 18.6 Å². The molecular formula is C15H24N2O3. The van der Waals surface area contributed by atoms with Crippen LogP contribution in [0.15, 0.2) is 10.6 Å². The van der Waals surface area contributed by atoms with Gasteiger partial charge < -0.3 is 14.1 Å². The normalized spacial score (nSPS) is 18.9. The average Bonchev–Trinajstić information content (AvgIpc) is 2.75. The van der Waals surface area contributed by atoms with Crippen molar-refractivity contribution in [2.75, 3.05) is 13.1 Å². The Morgan fingerprint density at radius 2 is 2.00 bits per heavy atom. The molecule has 0 bridgehead atoms. The molecule has 2 rings (SSSR count). The molecule has 5 nitrogen and oxygen atoms in total. The summed E-state index contributed by atoms with van der Waals surface area (Å²) in [6, 6.07) is 0. The third-order valence-corrected chi connectivity index (χ3v) is 3.73. The van der Waals surface area contributed by atoms with Gasteiger partial charge in [-0.3, -0.25) is 0 Å². The first kappa shape index (κ1) is 14.9. The summed E-state index contributed by atoms with van der Waals surface area (Å²) in [5.41, 5.74) is -0.486. The minimum Gasteiger partial charge on any atom is -0.445 e. The van der Waals surface area contributed by atoms with Crippen LogP contribution in [0.1, 0.15) is 52.2 Å². The highest BCUT2D eigenvalue weighted by molar-refractivity contribution is 5.68. The molecule has 112 valence electrons. The van der Waals surface area contributed by atoms with Gasteiger partial charge >= 0.3 is 6.09 Å². The molecule has 2 heterocycles. The van der Waals surface area contributed by atoms with Crippen molar-refractivity contribution in [3.8, 4) is 0 Å². The number of hydrogen-bond acceptors (Lipinski definition) is 4. The topological polar surface area (TPSA) is 55.6 Å². The number of piperidine rings is 1. The van der Waals surface area contributed by atoms with Crippen LogP contribution in [-0.4, -0.2) is 34.7 Å². The maximum absolute atomic E-state index is 12.0. The molecule has 0 atom stereocenters. The number of oxazole rings is 1. The van der Waals surface area contributed by atoms with E-state index in [4.69, 9.17) is 9.15 Å². The zero-order valence-corrected chi connectivity index (χ0v) is 13.0. The maximum atomic E-state index is 12.0. The highest BCUT2D eigenvalue weighted by Crippen LogP contribution is 2.35. The van der Waals surface area contributed by atoms with Crippen molar-refractivity contribution in [3.05, 3.63) is 17.8 Å². The minimum atomic E-state index is -0.445. The zero-order chi connectivity index (χ0) is 15.0. The minimum absolute atomic E-state index is 0.0419. The Kier molecular flexibility index (Phi) is 3.80. The van der Waals surface area contributed by atoms with E-state index in [1.165, 1.54) is 0 Å². The number of ether oxygens (including phenoxy) is 1.